The third-order valence-electron chi connectivity index (χ3n) is 6.53. The second-order valence-electron chi connectivity index (χ2n) is 8.37. The van der Waals surface area contributed by atoms with Gasteiger partial charge in [-0.25, -0.2) is 4.98 Å². The molecular weight excluding hydrogens is 412 g/mol. The zero-order valence-electron chi connectivity index (χ0n) is 18.0. The van der Waals surface area contributed by atoms with Gasteiger partial charge in [-0.15, -0.1) is 0 Å². The monoisotopic (exact) mass is 434 g/mol. The summed E-state index contributed by atoms with van der Waals surface area (Å²) in [4.78, 5) is 35.8. The molecule has 1 aliphatic rings. The van der Waals surface area contributed by atoms with E-state index in [4.69, 9.17) is 0 Å². The zero-order valence-corrected chi connectivity index (χ0v) is 18.0. The van der Waals surface area contributed by atoms with Gasteiger partial charge in [-0.05, 0) is 48.4 Å². The van der Waals surface area contributed by atoms with E-state index in [0.29, 0.717) is 23.9 Å². The number of H-pyrrole nitrogens is 1. The molecule has 4 heterocycles. The van der Waals surface area contributed by atoms with E-state index in [1.807, 2.05) is 70.3 Å². The summed E-state index contributed by atoms with van der Waals surface area (Å²) >= 11 is 0. The Kier molecular flexibility index (Phi) is 4.57. The maximum absolute atomic E-state index is 13.3. The van der Waals surface area contributed by atoms with Gasteiger partial charge in [0.2, 0.25) is 5.91 Å². The van der Waals surface area contributed by atoms with Crippen LogP contribution in [0.5, 0.6) is 0 Å². The Morgan fingerprint density at radius 1 is 0.939 bits per heavy atom. The largest absolute Gasteiger partial charge is 0.346 e. The van der Waals surface area contributed by atoms with Crippen molar-refractivity contribution in [2.24, 2.45) is 0 Å². The number of hydrogen-bond donors (Lipinski definition) is 1. The highest BCUT2D eigenvalue weighted by Crippen LogP contribution is 2.28. The topological polar surface area (TPSA) is 71.0 Å². The first kappa shape index (κ1) is 19.5. The molecule has 0 unspecified atom stereocenters. The summed E-state index contributed by atoms with van der Waals surface area (Å²) in [5.74, 6) is 0.0462. The van der Waals surface area contributed by atoms with Crippen LogP contribution in [0, 0.1) is 0 Å². The normalized spacial score (nSPS) is 14.2. The number of rotatable bonds is 3. The Hall–Kier alpha value is -4.19. The predicted octanol–water partition coefficient (Wildman–Crippen LogP) is 4.35. The number of hydrogen-bond acceptors (Lipinski definition) is 3. The van der Waals surface area contributed by atoms with E-state index in [1.165, 1.54) is 5.57 Å². The van der Waals surface area contributed by atoms with Crippen LogP contribution in [0.25, 0.3) is 38.4 Å². The van der Waals surface area contributed by atoms with Crippen LogP contribution in [0.2, 0.25) is 0 Å². The van der Waals surface area contributed by atoms with Gasteiger partial charge in [0.25, 0.3) is 0 Å². The molecule has 2 aromatic carbocycles. The third-order valence-corrected chi connectivity index (χ3v) is 6.53. The minimum Gasteiger partial charge on any atom is -0.346 e. The molecule has 5 aromatic rings. The van der Waals surface area contributed by atoms with Crippen molar-refractivity contribution in [2.75, 3.05) is 13.1 Å². The van der Waals surface area contributed by atoms with Crippen LogP contribution in [-0.2, 0) is 11.3 Å². The fourth-order valence-corrected chi connectivity index (χ4v) is 4.84. The molecule has 0 saturated heterocycles. The van der Waals surface area contributed by atoms with Crippen LogP contribution in [-0.4, -0.2) is 38.4 Å². The first-order valence-electron chi connectivity index (χ1n) is 11.1. The van der Waals surface area contributed by atoms with E-state index < -0.39 is 0 Å². The van der Waals surface area contributed by atoms with Crippen LogP contribution < -0.4 is 5.43 Å². The van der Waals surface area contributed by atoms with E-state index in [2.05, 4.69) is 22.1 Å². The van der Waals surface area contributed by atoms with Crippen LogP contribution in [0.1, 0.15) is 12.0 Å². The number of nitrogens with one attached hydrogen (secondary N) is 1. The second kappa shape index (κ2) is 7.74. The smallest absolute Gasteiger partial charge is 0.242 e. The summed E-state index contributed by atoms with van der Waals surface area (Å²) in [6, 6.07) is 19.0. The van der Waals surface area contributed by atoms with Gasteiger partial charge in [-0.2, -0.15) is 0 Å². The Morgan fingerprint density at radius 3 is 2.33 bits per heavy atom. The molecule has 6 nitrogen and oxygen atoms in total. The first-order chi connectivity index (χ1) is 16.2. The maximum atomic E-state index is 13.3. The number of aromatic amines is 1. The van der Waals surface area contributed by atoms with Crippen molar-refractivity contribution in [1.29, 1.82) is 0 Å². The summed E-state index contributed by atoms with van der Waals surface area (Å²) in [5, 5.41) is 2.38. The van der Waals surface area contributed by atoms with Gasteiger partial charge >= 0.3 is 0 Å². The average molecular weight is 434 g/mol. The lowest BCUT2D eigenvalue weighted by molar-refractivity contribution is -0.131. The molecule has 0 bridgehead atoms. The van der Waals surface area contributed by atoms with Crippen molar-refractivity contribution in [1.82, 2.24) is 19.4 Å². The molecule has 162 valence electrons. The average Bonchev–Trinajstić information content (AvgIpc) is 3.31. The Labute approximate surface area is 189 Å². The van der Waals surface area contributed by atoms with Crippen molar-refractivity contribution < 1.29 is 4.79 Å². The Bertz CT molecular complexity index is 1570. The van der Waals surface area contributed by atoms with Gasteiger partial charge in [0, 0.05) is 47.2 Å². The minimum absolute atomic E-state index is 0.00339. The lowest BCUT2D eigenvalue weighted by Crippen LogP contribution is -2.37. The minimum atomic E-state index is 0.00339. The Balaban J connectivity index is 1.31. The first-order valence-corrected chi connectivity index (χ1v) is 11.1. The van der Waals surface area contributed by atoms with Crippen LogP contribution in [0.4, 0.5) is 0 Å². The lowest BCUT2D eigenvalue weighted by atomic mass is 9.99. The van der Waals surface area contributed by atoms with Crippen LogP contribution >= 0.6 is 0 Å². The molecule has 6 heteroatoms. The molecule has 1 N–H and O–H groups in total. The number of carbonyl (C=O) groups is 1. The number of carbonyl (C=O) groups excluding carboxylic acids is 1. The van der Waals surface area contributed by atoms with E-state index in [-0.39, 0.29) is 17.9 Å². The van der Waals surface area contributed by atoms with Gasteiger partial charge in [0.05, 0.1) is 11.0 Å². The van der Waals surface area contributed by atoms with Crippen molar-refractivity contribution in [3.8, 4) is 0 Å². The number of aromatic nitrogens is 3. The van der Waals surface area contributed by atoms with Gasteiger partial charge < -0.3 is 14.5 Å². The summed E-state index contributed by atoms with van der Waals surface area (Å²) in [5.41, 5.74) is 4.84. The summed E-state index contributed by atoms with van der Waals surface area (Å²) in [6.45, 7) is 1.42. The fraction of sp³-hybridized carbons (Fsp3) is 0.148. The summed E-state index contributed by atoms with van der Waals surface area (Å²) < 4.78 is 1.97. The Morgan fingerprint density at radius 2 is 1.64 bits per heavy atom. The molecule has 0 atom stereocenters. The molecule has 33 heavy (non-hydrogen) atoms. The van der Waals surface area contributed by atoms with E-state index in [1.54, 1.807) is 6.20 Å². The summed E-state index contributed by atoms with van der Waals surface area (Å²) in [6.07, 6.45) is 6.71. The second-order valence-corrected chi connectivity index (χ2v) is 8.37. The molecular formula is C27H22N4O2. The van der Waals surface area contributed by atoms with Crippen molar-refractivity contribution in [3.63, 3.8) is 0 Å². The number of nitrogens with zero attached hydrogens (tertiary/aromatic N) is 3. The number of benzene rings is 2. The van der Waals surface area contributed by atoms with Gasteiger partial charge in [-0.1, -0.05) is 30.3 Å². The third kappa shape index (κ3) is 3.22. The highest BCUT2D eigenvalue weighted by Gasteiger charge is 2.21. The zero-order chi connectivity index (χ0) is 22.4. The molecule has 1 aliphatic heterocycles. The SMILES string of the molecule is O=C(Cn1c2ccccc2c(=O)c2ccccc21)N1CC=C(c2c[nH]c3ncccc23)CC1. The van der Waals surface area contributed by atoms with Crippen molar-refractivity contribution >= 4 is 44.3 Å². The van der Waals surface area contributed by atoms with E-state index in [9.17, 15) is 9.59 Å². The molecule has 6 rings (SSSR count). The highest BCUT2D eigenvalue weighted by atomic mass is 16.2. The molecule has 0 aliphatic carbocycles. The number of pyridine rings is 2. The fourth-order valence-electron chi connectivity index (χ4n) is 4.84. The standard InChI is InChI=1S/C27H22N4O2/c32-25(30-14-11-18(12-15-30)22-16-29-27-19(22)8-5-13-28-27)17-31-23-9-3-1-6-20(23)26(33)21-7-2-4-10-24(21)31/h1-11,13,16H,12,14-15,17H2,(H,28,29). The van der Waals surface area contributed by atoms with Crippen LogP contribution in [0.3, 0.4) is 0 Å². The van der Waals surface area contributed by atoms with Gasteiger partial charge in [-0.3, -0.25) is 9.59 Å². The molecule has 1 amide bonds. The molecule has 0 radical (unpaired) electrons. The van der Waals surface area contributed by atoms with Gasteiger partial charge in [0.1, 0.15) is 12.2 Å². The van der Waals surface area contributed by atoms with E-state index >= 15 is 0 Å². The number of amides is 1. The van der Waals surface area contributed by atoms with Crippen molar-refractivity contribution in [2.45, 2.75) is 13.0 Å². The molecule has 0 spiro atoms. The molecule has 3 aromatic heterocycles. The highest BCUT2D eigenvalue weighted by molar-refractivity contribution is 5.95. The van der Waals surface area contributed by atoms with Gasteiger partial charge in [0.15, 0.2) is 5.43 Å². The molecule has 0 fully saturated rings. The summed E-state index contributed by atoms with van der Waals surface area (Å²) in [7, 11) is 0. The quantitative estimate of drug-likeness (QED) is 0.429. The maximum Gasteiger partial charge on any atom is 0.242 e. The number of para-hydroxylation sites is 2. The van der Waals surface area contributed by atoms with Crippen LogP contribution in [0.15, 0.2) is 83.9 Å². The lowest BCUT2D eigenvalue weighted by Gasteiger charge is -2.27. The van der Waals surface area contributed by atoms with Crippen molar-refractivity contribution in [3.05, 3.63) is 94.9 Å². The predicted molar refractivity (Wildman–Crippen MR) is 131 cm³/mol. The number of fused-ring (bicyclic) bond motifs is 3. The molecule has 0 saturated carbocycles. The van der Waals surface area contributed by atoms with E-state index in [0.717, 1.165) is 34.1 Å².